The fraction of sp³-hybridized carbons (Fsp3) is 0.500. The molecule has 21 heavy (non-hydrogen) atoms. The first-order valence-electron chi connectivity index (χ1n) is 7.43. The van der Waals surface area contributed by atoms with Crippen LogP contribution in [0.3, 0.4) is 0 Å². The molecule has 0 saturated carbocycles. The lowest BCUT2D eigenvalue weighted by Gasteiger charge is -2.14. The van der Waals surface area contributed by atoms with E-state index in [9.17, 15) is 4.79 Å². The lowest BCUT2D eigenvalue weighted by molar-refractivity contribution is -0.123. The molecule has 5 heteroatoms. The second-order valence-electron chi connectivity index (χ2n) is 5.64. The molecule has 1 heterocycles. The van der Waals surface area contributed by atoms with Crippen molar-refractivity contribution < 1.29 is 4.79 Å². The van der Waals surface area contributed by atoms with Gasteiger partial charge in [-0.25, -0.2) is 4.98 Å². The number of nitrogens with one attached hydrogen (secondary N) is 2. The van der Waals surface area contributed by atoms with Crippen LogP contribution in [0, 0.1) is 5.92 Å². The standard InChI is InChI=1S/C16H24N4O/c1-11(2)16(21)18-10-9-17-12(3)15-19-13-7-5-6-8-14(13)20(15)4/h5-8,11-12,17H,9-10H2,1-4H3,(H,18,21). The van der Waals surface area contributed by atoms with Gasteiger partial charge in [0.2, 0.25) is 5.91 Å². The molecular weight excluding hydrogens is 264 g/mol. The van der Waals surface area contributed by atoms with Gasteiger partial charge < -0.3 is 15.2 Å². The van der Waals surface area contributed by atoms with Crippen LogP contribution in [0.5, 0.6) is 0 Å². The summed E-state index contributed by atoms with van der Waals surface area (Å²) in [6.45, 7) is 7.23. The molecule has 0 aliphatic carbocycles. The van der Waals surface area contributed by atoms with Crippen LogP contribution in [0.1, 0.15) is 32.6 Å². The number of carbonyl (C=O) groups is 1. The van der Waals surface area contributed by atoms with Gasteiger partial charge in [-0.3, -0.25) is 4.79 Å². The van der Waals surface area contributed by atoms with E-state index in [0.29, 0.717) is 6.54 Å². The Kier molecular flexibility index (Phi) is 4.96. The van der Waals surface area contributed by atoms with E-state index in [4.69, 9.17) is 0 Å². The monoisotopic (exact) mass is 288 g/mol. The number of aromatic nitrogens is 2. The van der Waals surface area contributed by atoms with Gasteiger partial charge >= 0.3 is 0 Å². The van der Waals surface area contributed by atoms with Crippen molar-refractivity contribution in [2.75, 3.05) is 13.1 Å². The molecule has 114 valence electrons. The predicted molar refractivity (Wildman–Crippen MR) is 85.0 cm³/mol. The molecule has 1 atom stereocenters. The second kappa shape index (κ2) is 6.72. The minimum atomic E-state index is 0.0299. The molecule has 0 saturated heterocycles. The number of rotatable bonds is 6. The Morgan fingerprint density at radius 2 is 1.95 bits per heavy atom. The van der Waals surface area contributed by atoms with Crippen LogP contribution >= 0.6 is 0 Å². The fourth-order valence-corrected chi connectivity index (χ4v) is 2.32. The fourth-order valence-electron chi connectivity index (χ4n) is 2.32. The highest BCUT2D eigenvalue weighted by Gasteiger charge is 2.13. The Labute approximate surface area is 125 Å². The summed E-state index contributed by atoms with van der Waals surface area (Å²) >= 11 is 0. The second-order valence-corrected chi connectivity index (χ2v) is 5.64. The van der Waals surface area contributed by atoms with Gasteiger partial charge in [-0.1, -0.05) is 26.0 Å². The largest absolute Gasteiger partial charge is 0.355 e. The highest BCUT2D eigenvalue weighted by molar-refractivity contribution is 5.77. The molecule has 1 amide bonds. The van der Waals surface area contributed by atoms with Crippen molar-refractivity contribution in [3.63, 3.8) is 0 Å². The van der Waals surface area contributed by atoms with Crippen molar-refractivity contribution in [3.05, 3.63) is 30.1 Å². The maximum atomic E-state index is 11.5. The van der Waals surface area contributed by atoms with Gasteiger partial charge in [-0.15, -0.1) is 0 Å². The number of imidazole rings is 1. The number of benzene rings is 1. The molecule has 5 nitrogen and oxygen atoms in total. The number of carbonyl (C=O) groups excluding carboxylic acids is 1. The summed E-state index contributed by atoms with van der Waals surface area (Å²) in [5, 5.41) is 6.30. The molecule has 0 bridgehead atoms. The highest BCUT2D eigenvalue weighted by atomic mass is 16.1. The van der Waals surface area contributed by atoms with Gasteiger partial charge in [0.15, 0.2) is 0 Å². The number of hydrogen-bond donors (Lipinski definition) is 2. The van der Waals surface area contributed by atoms with E-state index in [-0.39, 0.29) is 17.9 Å². The van der Waals surface area contributed by atoms with Crippen molar-refractivity contribution in [2.45, 2.75) is 26.8 Å². The number of aryl methyl sites for hydroxylation is 1. The zero-order chi connectivity index (χ0) is 15.4. The average molecular weight is 288 g/mol. The molecular formula is C16H24N4O. The van der Waals surface area contributed by atoms with E-state index in [1.54, 1.807) is 0 Å². The Hall–Kier alpha value is -1.88. The molecule has 1 aromatic carbocycles. The Morgan fingerprint density at radius 1 is 1.24 bits per heavy atom. The molecule has 1 aromatic heterocycles. The molecule has 0 aliphatic rings. The van der Waals surface area contributed by atoms with Gasteiger partial charge in [0.05, 0.1) is 17.1 Å². The normalized spacial score (nSPS) is 12.8. The van der Waals surface area contributed by atoms with Crippen LogP contribution in [0.15, 0.2) is 24.3 Å². The lowest BCUT2D eigenvalue weighted by atomic mass is 10.2. The molecule has 1 unspecified atom stereocenters. The van der Waals surface area contributed by atoms with Crippen LogP contribution in [0.4, 0.5) is 0 Å². The van der Waals surface area contributed by atoms with Gasteiger partial charge in [-0.05, 0) is 19.1 Å². The molecule has 0 radical (unpaired) electrons. The first-order valence-corrected chi connectivity index (χ1v) is 7.43. The van der Waals surface area contributed by atoms with E-state index in [2.05, 4.69) is 33.2 Å². The first-order chi connectivity index (χ1) is 10.0. The molecule has 2 rings (SSSR count). The Morgan fingerprint density at radius 3 is 2.62 bits per heavy atom. The molecule has 0 spiro atoms. The van der Waals surface area contributed by atoms with E-state index in [0.717, 1.165) is 23.4 Å². The predicted octanol–water partition coefficient (Wildman–Crippen LogP) is 2.00. The van der Waals surface area contributed by atoms with E-state index < -0.39 is 0 Å². The van der Waals surface area contributed by atoms with Crippen molar-refractivity contribution in [1.29, 1.82) is 0 Å². The van der Waals surface area contributed by atoms with Crippen molar-refractivity contribution in [3.8, 4) is 0 Å². The van der Waals surface area contributed by atoms with E-state index >= 15 is 0 Å². The lowest BCUT2D eigenvalue weighted by Crippen LogP contribution is -2.35. The Balaban J connectivity index is 1.92. The van der Waals surface area contributed by atoms with Crippen LogP contribution < -0.4 is 10.6 Å². The minimum absolute atomic E-state index is 0.0299. The summed E-state index contributed by atoms with van der Waals surface area (Å²) in [7, 11) is 2.03. The molecule has 0 aliphatic heterocycles. The molecule has 2 aromatic rings. The van der Waals surface area contributed by atoms with Crippen molar-refractivity contribution >= 4 is 16.9 Å². The van der Waals surface area contributed by atoms with E-state index in [1.165, 1.54) is 0 Å². The molecule has 0 fully saturated rings. The Bertz CT molecular complexity index is 618. The van der Waals surface area contributed by atoms with Crippen LogP contribution in [0.2, 0.25) is 0 Å². The van der Waals surface area contributed by atoms with Gasteiger partial charge in [-0.2, -0.15) is 0 Å². The number of fused-ring (bicyclic) bond motifs is 1. The summed E-state index contributed by atoms with van der Waals surface area (Å²) < 4.78 is 2.11. The van der Waals surface area contributed by atoms with Gasteiger partial charge in [0.25, 0.3) is 0 Å². The minimum Gasteiger partial charge on any atom is -0.355 e. The summed E-state index contributed by atoms with van der Waals surface area (Å²) in [6, 6.07) is 8.25. The molecule has 2 N–H and O–H groups in total. The third-order valence-corrected chi connectivity index (χ3v) is 3.61. The third kappa shape index (κ3) is 3.61. The summed E-state index contributed by atoms with van der Waals surface area (Å²) in [5.74, 6) is 1.13. The zero-order valence-electron chi connectivity index (χ0n) is 13.2. The van der Waals surface area contributed by atoms with Crippen LogP contribution in [-0.2, 0) is 11.8 Å². The van der Waals surface area contributed by atoms with Gasteiger partial charge in [0.1, 0.15) is 5.82 Å². The van der Waals surface area contributed by atoms with E-state index in [1.807, 2.05) is 39.1 Å². The zero-order valence-corrected chi connectivity index (χ0v) is 13.2. The third-order valence-electron chi connectivity index (χ3n) is 3.61. The van der Waals surface area contributed by atoms with Gasteiger partial charge in [0, 0.05) is 26.1 Å². The number of para-hydroxylation sites is 2. The van der Waals surface area contributed by atoms with Crippen LogP contribution in [-0.4, -0.2) is 28.5 Å². The number of amides is 1. The summed E-state index contributed by atoms with van der Waals surface area (Å²) in [4.78, 5) is 16.1. The highest BCUT2D eigenvalue weighted by Crippen LogP contribution is 2.18. The van der Waals surface area contributed by atoms with Crippen molar-refractivity contribution in [1.82, 2.24) is 20.2 Å². The maximum Gasteiger partial charge on any atom is 0.222 e. The van der Waals surface area contributed by atoms with Crippen molar-refractivity contribution in [2.24, 2.45) is 13.0 Å². The SMILES string of the molecule is CC(C)C(=O)NCCNC(C)c1nc2ccccc2n1C. The quantitative estimate of drug-likeness (QED) is 0.799. The van der Waals surface area contributed by atoms with Crippen LogP contribution in [0.25, 0.3) is 11.0 Å². The summed E-state index contributed by atoms with van der Waals surface area (Å²) in [5.41, 5.74) is 2.14. The first kappa shape index (κ1) is 15.5. The average Bonchev–Trinajstić information content (AvgIpc) is 2.81. The number of nitrogens with zero attached hydrogens (tertiary/aromatic N) is 2. The number of hydrogen-bond acceptors (Lipinski definition) is 3. The summed E-state index contributed by atoms with van der Waals surface area (Å²) in [6.07, 6.45) is 0. The smallest absolute Gasteiger partial charge is 0.222 e. The maximum absolute atomic E-state index is 11.5. The topological polar surface area (TPSA) is 59.0 Å².